The van der Waals surface area contributed by atoms with E-state index in [0.717, 1.165) is 0 Å². The van der Waals surface area contributed by atoms with Gasteiger partial charge in [0.25, 0.3) is 0 Å². The molecule has 9 heteroatoms. The molecule has 1 aromatic carbocycles. The Hall–Kier alpha value is -0.860. The van der Waals surface area contributed by atoms with Crippen molar-refractivity contribution in [2.45, 2.75) is 31.2 Å². The summed E-state index contributed by atoms with van der Waals surface area (Å²) in [6, 6.07) is 3.47. The molecule has 1 rings (SSSR count). The van der Waals surface area contributed by atoms with Gasteiger partial charge in [0.15, 0.2) is 0 Å². The molecule has 0 saturated heterocycles. The van der Waals surface area contributed by atoms with Crippen LogP contribution in [0.3, 0.4) is 0 Å². The van der Waals surface area contributed by atoms with Crippen LogP contribution in [0, 0.1) is 5.92 Å². The van der Waals surface area contributed by atoms with Crippen LogP contribution in [-0.4, -0.2) is 34.1 Å². The highest BCUT2D eigenvalue weighted by atomic mass is 35.5. The number of halogens is 2. The number of esters is 1. The molecule has 0 aliphatic rings. The molecule has 6 nitrogen and oxygen atoms in total. The highest BCUT2D eigenvalue weighted by Gasteiger charge is 2.22. The van der Waals surface area contributed by atoms with Crippen LogP contribution in [0.15, 0.2) is 23.1 Å². The van der Waals surface area contributed by atoms with E-state index in [-0.39, 0.29) is 40.5 Å². The predicted octanol–water partition coefficient (Wildman–Crippen LogP) is 2.20. The van der Waals surface area contributed by atoms with Gasteiger partial charge in [0.05, 0.1) is 17.6 Å². The number of methoxy groups -OCH3 is 1. The Morgan fingerprint density at radius 2 is 1.96 bits per heavy atom. The average molecular weight is 385 g/mol. The van der Waals surface area contributed by atoms with E-state index in [4.69, 9.17) is 17.3 Å². The number of benzene rings is 1. The van der Waals surface area contributed by atoms with Crippen molar-refractivity contribution < 1.29 is 17.9 Å². The molecule has 0 aliphatic carbocycles. The van der Waals surface area contributed by atoms with E-state index in [1.165, 1.54) is 25.3 Å². The van der Waals surface area contributed by atoms with E-state index in [9.17, 15) is 13.2 Å². The Balaban J connectivity index is 0.00000484. The van der Waals surface area contributed by atoms with E-state index >= 15 is 0 Å². The molecule has 0 heterocycles. The molecule has 0 fully saturated rings. The molecule has 0 amide bonds. The van der Waals surface area contributed by atoms with Crippen LogP contribution in [0.4, 0.5) is 0 Å². The minimum Gasteiger partial charge on any atom is -0.465 e. The molecule has 3 N–H and O–H groups in total. The largest absolute Gasteiger partial charge is 0.465 e. The number of carbonyl (C=O) groups excluding carboxylic acids is 1. The fourth-order valence-electron chi connectivity index (χ4n) is 2.00. The van der Waals surface area contributed by atoms with Crippen molar-refractivity contribution in [2.75, 3.05) is 13.7 Å². The summed E-state index contributed by atoms with van der Waals surface area (Å²) in [5.74, 6) is -0.363. The van der Waals surface area contributed by atoms with Crippen LogP contribution in [-0.2, 0) is 14.8 Å². The molecular weight excluding hydrogens is 363 g/mol. The van der Waals surface area contributed by atoms with E-state index in [1.54, 1.807) is 0 Å². The number of ether oxygens (including phenoxy) is 1. The molecular formula is C14H22Cl2N2O4S. The van der Waals surface area contributed by atoms with Gasteiger partial charge >= 0.3 is 5.97 Å². The first-order valence-corrected chi connectivity index (χ1v) is 8.67. The number of hydrogen-bond donors (Lipinski definition) is 2. The lowest BCUT2D eigenvalue weighted by Gasteiger charge is -2.19. The third-order valence-corrected chi connectivity index (χ3v) is 4.68. The van der Waals surface area contributed by atoms with Crippen molar-refractivity contribution in [1.29, 1.82) is 0 Å². The second-order valence-electron chi connectivity index (χ2n) is 5.35. The number of carbonyl (C=O) groups is 1. The van der Waals surface area contributed by atoms with Gasteiger partial charge in [0, 0.05) is 17.6 Å². The maximum absolute atomic E-state index is 12.4. The number of rotatable bonds is 7. The summed E-state index contributed by atoms with van der Waals surface area (Å²) in [5.41, 5.74) is 5.68. The predicted molar refractivity (Wildman–Crippen MR) is 92.7 cm³/mol. The molecule has 0 spiro atoms. The van der Waals surface area contributed by atoms with E-state index in [1.807, 2.05) is 13.8 Å². The number of nitrogens with one attached hydrogen (secondary N) is 1. The minimum absolute atomic E-state index is 0. The zero-order valence-corrected chi connectivity index (χ0v) is 15.6. The van der Waals surface area contributed by atoms with Crippen molar-refractivity contribution in [1.82, 2.24) is 4.72 Å². The summed E-state index contributed by atoms with van der Waals surface area (Å²) in [6.07, 6.45) is 0.611. The van der Waals surface area contributed by atoms with Crippen LogP contribution in [0.5, 0.6) is 0 Å². The van der Waals surface area contributed by atoms with Crippen LogP contribution >= 0.6 is 24.0 Å². The zero-order valence-electron chi connectivity index (χ0n) is 13.2. The maximum atomic E-state index is 12.4. The van der Waals surface area contributed by atoms with Crippen molar-refractivity contribution >= 4 is 40.0 Å². The minimum atomic E-state index is -3.83. The van der Waals surface area contributed by atoms with Gasteiger partial charge in [-0.05, 0) is 30.5 Å². The van der Waals surface area contributed by atoms with E-state index < -0.39 is 16.0 Å². The third-order valence-electron chi connectivity index (χ3n) is 2.96. The van der Waals surface area contributed by atoms with Gasteiger partial charge in [-0.25, -0.2) is 17.9 Å². The van der Waals surface area contributed by atoms with Gasteiger partial charge in [-0.3, -0.25) is 0 Å². The van der Waals surface area contributed by atoms with Gasteiger partial charge < -0.3 is 10.5 Å². The Labute approximate surface area is 148 Å². The Morgan fingerprint density at radius 3 is 2.43 bits per heavy atom. The fourth-order valence-corrected chi connectivity index (χ4v) is 3.63. The topological polar surface area (TPSA) is 98.5 Å². The van der Waals surface area contributed by atoms with Gasteiger partial charge in [-0.2, -0.15) is 0 Å². The Morgan fingerprint density at radius 1 is 1.35 bits per heavy atom. The molecule has 0 radical (unpaired) electrons. The SMILES string of the molecule is COC(=O)c1cc(Cl)cc(S(=O)(=O)NC(CN)CC(C)C)c1.Cl. The quantitative estimate of drug-likeness (QED) is 0.702. The fraction of sp³-hybridized carbons (Fsp3) is 0.500. The maximum Gasteiger partial charge on any atom is 0.337 e. The van der Waals surface area contributed by atoms with Gasteiger partial charge in [-0.1, -0.05) is 25.4 Å². The first kappa shape index (κ1) is 22.1. The van der Waals surface area contributed by atoms with E-state index in [0.29, 0.717) is 12.3 Å². The average Bonchev–Trinajstić information content (AvgIpc) is 2.44. The van der Waals surface area contributed by atoms with E-state index in [2.05, 4.69) is 9.46 Å². The Bertz CT molecular complexity index is 636. The molecule has 132 valence electrons. The standard InChI is InChI=1S/C14H21ClN2O4S.ClH/c1-9(2)4-12(8-16)17-22(19,20)13-6-10(14(18)21-3)5-11(15)7-13;/h5-7,9,12,17H,4,8,16H2,1-3H3;1H. The monoisotopic (exact) mass is 384 g/mol. The number of sulfonamides is 1. The van der Waals surface area contributed by atoms with Crippen molar-refractivity contribution in [2.24, 2.45) is 11.7 Å². The number of hydrogen-bond acceptors (Lipinski definition) is 5. The van der Waals surface area contributed by atoms with Crippen molar-refractivity contribution in [3.05, 3.63) is 28.8 Å². The summed E-state index contributed by atoms with van der Waals surface area (Å²) >= 11 is 5.89. The summed E-state index contributed by atoms with van der Waals surface area (Å²) in [5, 5.41) is 0.136. The van der Waals surface area contributed by atoms with Crippen LogP contribution in [0.2, 0.25) is 5.02 Å². The Kier molecular flexibility index (Phi) is 9.09. The highest BCUT2D eigenvalue weighted by molar-refractivity contribution is 7.89. The zero-order chi connectivity index (χ0) is 16.9. The first-order valence-electron chi connectivity index (χ1n) is 6.81. The lowest BCUT2D eigenvalue weighted by atomic mass is 10.1. The molecule has 0 bridgehead atoms. The normalized spacial score (nSPS) is 12.6. The van der Waals surface area contributed by atoms with Gasteiger partial charge in [0.1, 0.15) is 0 Å². The molecule has 0 aromatic heterocycles. The molecule has 1 aromatic rings. The van der Waals surface area contributed by atoms with Gasteiger partial charge in [-0.15, -0.1) is 12.4 Å². The van der Waals surface area contributed by atoms with Crippen LogP contribution in [0.25, 0.3) is 0 Å². The second-order valence-corrected chi connectivity index (χ2v) is 7.50. The number of nitrogens with two attached hydrogens (primary N) is 1. The molecule has 1 atom stereocenters. The molecule has 1 unspecified atom stereocenters. The molecule has 23 heavy (non-hydrogen) atoms. The summed E-state index contributed by atoms with van der Waals surface area (Å²) < 4.78 is 32.0. The molecule has 0 saturated carbocycles. The second kappa shape index (κ2) is 9.44. The van der Waals surface area contributed by atoms with Crippen molar-refractivity contribution in [3.63, 3.8) is 0 Å². The van der Waals surface area contributed by atoms with Gasteiger partial charge in [0.2, 0.25) is 10.0 Å². The third kappa shape index (κ3) is 6.64. The summed E-state index contributed by atoms with van der Waals surface area (Å²) in [6.45, 7) is 4.14. The lowest BCUT2D eigenvalue weighted by Crippen LogP contribution is -2.41. The molecule has 0 aliphatic heterocycles. The van der Waals surface area contributed by atoms with Crippen LogP contribution in [0.1, 0.15) is 30.6 Å². The van der Waals surface area contributed by atoms with Crippen molar-refractivity contribution in [3.8, 4) is 0 Å². The summed E-state index contributed by atoms with van der Waals surface area (Å²) in [4.78, 5) is 11.5. The first-order chi connectivity index (χ1) is 10.2. The summed E-state index contributed by atoms with van der Waals surface area (Å²) in [7, 11) is -2.62. The van der Waals surface area contributed by atoms with Crippen LogP contribution < -0.4 is 10.5 Å². The highest BCUT2D eigenvalue weighted by Crippen LogP contribution is 2.20. The smallest absolute Gasteiger partial charge is 0.337 e. The lowest BCUT2D eigenvalue weighted by molar-refractivity contribution is 0.0600.